The van der Waals surface area contributed by atoms with Crippen molar-refractivity contribution in [2.75, 3.05) is 7.11 Å². The van der Waals surface area contributed by atoms with E-state index in [0.29, 0.717) is 24.8 Å². The van der Waals surface area contributed by atoms with Crippen molar-refractivity contribution in [3.8, 4) is 0 Å². The summed E-state index contributed by atoms with van der Waals surface area (Å²) in [6.45, 7) is 3.86. The number of rotatable bonds is 6. The molecule has 1 N–H and O–H groups in total. The third-order valence-electron chi connectivity index (χ3n) is 3.38. The van der Waals surface area contributed by atoms with Gasteiger partial charge in [-0.25, -0.2) is 0 Å². The van der Waals surface area contributed by atoms with Crippen LogP contribution in [0, 0.1) is 0 Å². The van der Waals surface area contributed by atoms with Gasteiger partial charge in [0.25, 0.3) is 0 Å². The molecule has 0 amide bonds. The number of benzene rings is 1. The molecular weight excluding hydrogens is 269 g/mol. The van der Waals surface area contributed by atoms with E-state index in [9.17, 15) is 18.3 Å². The Morgan fingerprint density at radius 3 is 2.15 bits per heavy atom. The van der Waals surface area contributed by atoms with E-state index < -0.39 is 17.8 Å². The molecule has 1 unspecified atom stereocenters. The molecule has 1 aromatic rings. The number of hydrogen-bond donors (Lipinski definition) is 1. The van der Waals surface area contributed by atoms with E-state index in [4.69, 9.17) is 4.74 Å². The number of hydrogen-bond acceptors (Lipinski definition) is 2. The summed E-state index contributed by atoms with van der Waals surface area (Å²) in [7, 11) is 1.61. The Morgan fingerprint density at radius 2 is 1.70 bits per heavy atom. The molecule has 0 radical (unpaired) electrons. The molecule has 0 saturated carbocycles. The summed E-state index contributed by atoms with van der Waals surface area (Å²) >= 11 is 0. The number of aliphatic hydroxyl groups excluding tert-OH is 1. The normalized spacial score (nSPS) is 14.3. The summed E-state index contributed by atoms with van der Waals surface area (Å²) in [5.74, 6) is 0. The van der Waals surface area contributed by atoms with Crippen LogP contribution >= 0.6 is 0 Å². The fourth-order valence-corrected chi connectivity index (χ4v) is 1.82. The highest BCUT2D eigenvalue weighted by atomic mass is 19.4. The van der Waals surface area contributed by atoms with Crippen LogP contribution in [-0.2, 0) is 17.3 Å². The van der Waals surface area contributed by atoms with E-state index >= 15 is 0 Å². The Labute approximate surface area is 117 Å². The van der Waals surface area contributed by atoms with Crippen LogP contribution in [0.1, 0.15) is 37.8 Å². The quantitative estimate of drug-likeness (QED) is 0.863. The molecule has 0 aromatic heterocycles. The van der Waals surface area contributed by atoms with E-state index in [0.717, 1.165) is 12.1 Å². The number of aliphatic hydroxyl groups is 1. The van der Waals surface area contributed by atoms with Gasteiger partial charge in [0, 0.05) is 7.11 Å². The molecule has 1 atom stereocenters. The molecular formula is C15H21F3O2. The molecule has 0 spiro atoms. The van der Waals surface area contributed by atoms with Crippen molar-refractivity contribution in [3.63, 3.8) is 0 Å². The summed E-state index contributed by atoms with van der Waals surface area (Å²) in [5.41, 5.74) is -0.279. The summed E-state index contributed by atoms with van der Waals surface area (Å²) < 4.78 is 42.5. The van der Waals surface area contributed by atoms with Gasteiger partial charge in [-0.3, -0.25) is 0 Å². The lowest BCUT2D eigenvalue weighted by Gasteiger charge is -2.24. The molecule has 2 nitrogen and oxygen atoms in total. The second-order valence-corrected chi connectivity index (χ2v) is 5.56. The van der Waals surface area contributed by atoms with Crippen LogP contribution < -0.4 is 0 Å². The van der Waals surface area contributed by atoms with Gasteiger partial charge in [-0.1, -0.05) is 12.1 Å². The Morgan fingerprint density at radius 1 is 1.15 bits per heavy atom. The molecule has 20 heavy (non-hydrogen) atoms. The van der Waals surface area contributed by atoms with Crippen molar-refractivity contribution >= 4 is 0 Å². The maximum absolute atomic E-state index is 12.4. The highest BCUT2D eigenvalue weighted by molar-refractivity contribution is 5.25. The second kappa shape index (κ2) is 6.59. The van der Waals surface area contributed by atoms with Crippen molar-refractivity contribution in [2.45, 2.75) is 51.0 Å². The van der Waals surface area contributed by atoms with E-state index in [-0.39, 0.29) is 5.60 Å². The van der Waals surface area contributed by atoms with Gasteiger partial charge in [0.05, 0.1) is 17.3 Å². The van der Waals surface area contributed by atoms with Gasteiger partial charge in [0.15, 0.2) is 0 Å². The standard InChI is InChI=1S/C15H21F3O2/c1-14(2,20-3)9-8-13(19)10-11-4-6-12(7-5-11)15(16,17)18/h4-7,13,19H,8-10H2,1-3H3. The van der Waals surface area contributed by atoms with Gasteiger partial charge in [-0.2, -0.15) is 13.2 Å². The van der Waals surface area contributed by atoms with Crippen LogP contribution in [0.5, 0.6) is 0 Å². The van der Waals surface area contributed by atoms with Crippen molar-refractivity contribution in [3.05, 3.63) is 35.4 Å². The first-order valence-corrected chi connectivity index (χ1v) is 6.53. The zero-order chi connectivity index (χ0) is 15.4. The predicted molar refractivity (Wildman–Crippen MR) is 71.5 cm³/mol. The topological polar surface area (TPSA) is 29.5 Å². The van der Waals surface area contributed by atoms with E-state index in [1.807, 2.05) is 13.8 Å². The largest absolute Gasteiger partial charge is 0.416 e. The molecule has 0 heterocycles. The predicted octanol–water partition coefficient (Wildman–Crippen LogP) is 3.81. The van der Waals surface area contributed by atoms with Crippen molar-refractivity contribution in [1.82, 2.24) is 0 Å². The summed E-state index contributed by atoms with van der Waals surface area (Å²) in [6.07, 6.45) is -3.33. The number of methoxy groups -OCH3 is 1. The van der Waals surface area contributed by atoms with Gasteiger partial charge >= 0.3 is 6.18 Å². The first-order chi connectivity index (χ1) is 9.14. The van der Waals surface area contributed by atoms with Crippen LogP contribution in [0.15, 0.2) is 24.3 Å². The minimum absolute atomic E-state index is 0.304. The molecule has 0 bridgehead atoms. The molecule has 0 aliphatic rings. The van der Waals surface area contributed by atoms with Gasteiger partial charge in [0.2, 0.25) is 0 Å². The lowest BCUT2D eigenvalue weighted by Crippen LogP contribution is -2.25. The highest BCUT2D eigenvalue weighted by Gasteiger charge is 2.30. The molecule has 0 aliphatic heterocycles. The molecule has 5 heteroatoms. The molecule has 1 aromatic carbocycles. The minimum atomic E-state index is -4.32. The Hall–Kier alpha value is -1.07. The van der Waals surface area contributed by atoms with Crippen LogP contribution in [0.25, 0.3) is 0 Å². The summed E-state index contributed by atoms with van der Waals surface area (Å²) in [5, 5.41) is 9.91. The maximum atomic E-state index is 12.4. The lowest BCUT2D eigenvalue weighted by molar-refractivity contribution is -0.137. The van der Waals surface area contributed by atoms with E-state index in [2.05, 4.69) is 0 Å². The first-order valence-electron chi connectivity index (χ1n) is 6.53. The van der Waals surface area contributed by atoms with E-state index in [1.165, 1.54) is 12.1 Å². The van der Waals surface area contributed by atoms with Gasteiger partial charge in [0.1, 0.15) is 0 Å². The number of ether oxygens (including phenoxy) is 1. The smallest absolute Gasteiger partial charge is 0.393 e. The zero-order valence-corrected chi connectivity index (χ0v) is 12.0. The molecule has 0 fully saturated rings. The van der Waals surface area contributed by atoms with Crippen LogP contribution in [-0.4, -0.2) is 23.9 Å². The van der Waals surface area contributed by atoms with Crippen molar-refractivity contribution in [2.24, 2.45) is 0 Å². The Bertz CT molecular complexity index is 410. The summed E-state index contributed by atoms with van der Waals surface area (Å²) in [4.78, 5) is 0. The Balaban J connectivity index is 2.52. The third kappa shape index (κ3) is 5.51. The highest BCUT2D eigenvalue weighted by Crippen LogP contribution is 2.29. The fraction of sp³-hybridized carbons (Fsp3) is 0.600. The zero-order valence-electron chi connectivity index (χ0n) is 12.0. The Kier molecular flexibility index (Phi) is 5.59. The SMILES string of the molecule is COC(C)(C)CCC(O)Cc1ccc(C(F)(F)F)cc1. The van der Waals surface area contributed by atoms with Crippen LogP contribution in [0.4, 0.5) is 13.2 Å². The molecule has 1 rings (SSSR count). The van der Waals surface area contributed by atoms with Crippen LogP contribution in [0.3, 0.4) is 0 Å². The molecule has 114 valence electrons. The minimum Gasteiger partial charge on any atom is -0.393 e. The summed E-state index contributed by atoms with van der Waals surface area (Å²) in [6, 6.07) is 4.91. The first kappa shape index (κ1) is 17.0. The lowest BCUT2D eigenvalue weighted by atomic mass is 9.96. The number of halogens is 3. The fourth-order valence-electron chi connectivity index (χ4n) is 1.82. The van der Waals surface area contributed by atoms with Gasteiger partial charge in [-0.15, -0.1) is 0 Å². The van der Waals surface area contributed by atoms with Crippen molar-refractivity contribution in [1.29, 1.82) is 0 Å². The third-order valence-corrected chi connectivity index (χ3v) is 3.38. The monoisotopic (exact) mass is 290 g/mol. The van der Waals surface area contributed by atoms with Gasteiger partial charge < -0.3 is 9.84 Å². The van der Waals surface area contributed by atoms with E-state index in [1.54, 1.807) is 7.11 Å². The van der Waals surface area contributed by atoms with Gasteiger partial charge in [-0.05, 0) is 50.8 Å². The average molecular weight is 290 g/mol. The van der Waals surface area contributed by atoms with Crippen molar-refractivity contribution < 1.29 is 23.0 Å². The molecule has 0 aliphatic carbocycles. The maximum Gasteiger partial charge on any atom is 0.416 e. The molecule has 0 saturated heterocycles. The number of alkyl halides is 3. The second-order valence-electron chi connectivity index (χ2n) is 5.56. The average Bonchev–Trinajstić information content (AvgIpc) is 2.36. The van der Waals surface area contributed by atoms with Crippen LogP contribution in [0.2, 0.25) is 0 Å².